The van der Waals surface area contributed by atoms with Crippen molar-refractivity contribution in [2.24, 2.45) is 0 Å². The van der Waals surface area contributed by atoms with Crippen molar-refractivity contribution in [3.63, 3.8) is 0 Å². The Morgan fingerprint density at radius 3 is 2.38 bits per heavy atom. The molecule has 0 saturated carbocycles. The first kappa shape index (κ1) is 17.5. The van der Waals surface area contributed by atoms with E-state index in [0.717, 1.165) is 16.7 Å². The van der Waals surface area contributed by atoms with E-state index in [-0.39, 0.29) is 11.5 Å². The summed E-state index contributed by atoms with van der Waals surface area (Å²) in [6.45, 7) is 1.96. The fourth-order valence-electron chi connectivity index (χ4n) is 2.42. The number of hydrogen-bond donors (Lipinski definition) is 2. The molecule has 2 N–H and O–H groups in total. The van der Waals surface area contributed by atoms with Gasteiger partial charge in [-0.25, -0.2) is 0 Å². The van der Waals surface area contributed by atoms with E-state index >= 15 is 0 Å². The van der Waals surface area contributed by atoms with Gasteiger partial charge in [0.2, 0.25) is 0 Å². The van der Waals surface area contributed by atoms with Crippen LogP contribution in [0.15, 0.2) is 42.5 Å². The second kappa shape index (κ2) is 8.11. The highest BCUT2D eigenvalue weighted by Crippen LogP contribution is 2.31. The summed E-state index contributed by atoms with van der Waals surface area (Å²) < 4.78 is 10.5. The monoisotopic (exact) mass is 326 g/mol. The van der Waals surface area contributed by atoms with Crippen LogP contribution in [0.2, 0.25) is 0 Å². The molecule has 0 aliphatic carbocycles. The van der Waals surface area contributed by atoms with Gasteiger partial charge in [-0.3, -0.25) is 0 Å². The zero-order valence-electron chi connectivity index (χ0n) is 14.1. The summed E-state index contributed by atoms with van der Waals surface area (Å²) in [5, 5.41) is 19.6. The summed E-state index contributed by atoms with van der Waals surface area (Å²) in [4.78, 5) is 0. The molecule has 126 valence electrons. The number of methoxy groups -OCH3 is 2. The van der Waals surface area contributed by atoms with E-state index in [1.54, 1.807) is 37.4 Å². The van der Waals surface area contributed by atoms with E-state index in [2.05, 4.69) is 0 Å². The number of benzene rings is 2. The molecule has 0 spiro atoms. The Morgan fingerprint density at radius 2 is 1.71 bits per heavy atom. The Hall–Kier alpha value is -2.88. The number of rotatable bonds is 6. The van der Waals surface area contributed by atoms with Crippen LogP contribution in [-0.4, -0.2) is 24.4 Å². The summed E-state index contributed by atoms with van der Waals surface area (Å²) in [6.07, 6.45) is 8.53. The predicted molar refractivity (Wildman–Crippen MR) is 96.8 cm³/mol. The van der Waals surface area contributed by atoms with Gasteiger partial charge in [0.25, 0.3) is 0 Å². The Labute approximate surface area is 142 Å². The summed E-state index contributed by atoms with van der Waals surface area (Å²) in [5.74, 6) is 1.32. The lowest BCUT2D eigenvalue weighted by Gasteiger charge is -2.11. The number of ether oxygens (including phenoxy) is 2. The van der Waals surface area contributed by atoms with Gasteiger partial charge in [-0.1, -0.05) is 30.4 Å². The molecule has 24 heavy (non-hydrogen) atoms. The summed E-state index contributed by atoms with van der Waals surface area (Å²) >= 11 is 0. The van der Waals surface area contributed by atoms with Gasteiger partial charge in [0.15, 0.2) is 11.5 Å². The standard InChI is InChI=1S/C20H22O4/c1-4-5-6-17-15(12-16(21)13-19(17)23-2)9-7-14-8-10-18(22)20(11-14)24-3/h4-5,7-13,21-22H,6H2,1-3H3/b5-4-,9-7+. The van der Waals surface area contributed by atoms with Crippen molar-refractivity contribution in [1.29, 1.82) is 0 Å². The summed E-state index contributed by atoms with van der Waals surface area (Å²) in [7, 11) is 3.10. The zero-order valence-corrected chi connectivity index (χ0v) is 14.1. The van der Waals surface area contributed by atoms with Gasteiger partial charge >= 0.3 is 0 Å². The quantitative estimate of drug-likeness (QED) is 0.610. The molecule has 0 amide bonds. The largest absolute Gasteiger partial charge is 0.508 e. The molecule has 0 aliphatic heterocycles. The highest BCUT2D eigenvalue weighted by Gasteiger charge is 2.09. The molecule has 0 atom stereocenters. The van der Waals surface area contributed by atoms with Gasteiger partial charge in [0, 0.05) is 11.6 Å². The minimum atomic E-state index is 0.0995. The lowest BCUT2D eigenvalue weighted by atomic mass is 10.0. The Morgan fingerprint density at radius 1 is 0.958 bits per heavy atom. The number of phenols is 2. The van der Waals surface area contributed by atoms with Crippen LogP contribution in [0.4, 0.5) is 0 Å². The van der Waals surface area contributed by atoms with Crippen LogP contribution in [-0.2, 0) is 6.42 Å². The molecule has 2 aromatic carbocycles. The summed E-state index contributed by atoms with van der Waals surface area (Å²) in [5.41, 5.74) is 2.75. The van der Waals surface area contributed by atoms with Crippen molar-refractivity contribution >= 4 is 12.2 Å². The fraction of sp³-hybridized carbons (Fsp3) is 0.200. The molecular weight excluding hydrogens is 304 g/mol. The highest BCUT2D eigenvalue weighted by atomic mass is 16.5. The van der Waals surface area contributed by atoms with Gasteiger partial charge in [-0.05, 0) is 42.7 Å². The average Bonchev–Trinajstić information content (AvgIpc) is 2.59. The lowest BCUT2D eigenvalue weighted by Crippen LogP contribution is -1.94. The molecule has 4 heteroatoms. The normalized spacial score (nSPS) is 11.3. The zero-order chi connectivity index (χ0) is 17.5. The third kappa shape index (κ3) is 4.10. The molecule has 0 heterocycles. The molecule has 0 radical (unpaired) electrons. The van der Waals surface area contributed by atoms with Crippen molar-refractivity contribution in [3.8, 4) is 23.0 Å². The SMILES string of the molecule is C/C=C\Cc1c(/C=C/c2ccc(O)c(OC)c2)cc(O)cc1OC. The maximum atomic E-state index is 9.91. The van der Waals surface area contributed by atoms with E-state index in [1.165, 1.54) is 7.11 Å². The van der Waals surface area contributed by atoms with Crippen LogP contribution in [0.5, 0.6) is 23.0 Å². The van der Waals surface area contributed by atoms with Crippen molar-refractivity contribution < 1.29 is 19.7 Å². The van der Waals surface area contributed by atoms with Crippen molar-refractivity contribution in [2.75, 3.05) is 14.2 Å². The van der Waals surface area contributed by atoms with Crippen LogP contribution >= 0.6 is 0 Å². The maximum Gasteiger partial charge on any atom is 0.161 e. The number of hydrogen-bond acceptors (Lipinski definition) is 4. The predicted octanol–water partition coefficient (Wildman–Crippen LogP) is 4.40. The van der Waals surface area contributed by atoms with Crippen LogP contribution in [0.3, 0.4) is 0 Å². The Kier molecular flexibility index (Phi) is 5.90. The topological polar surface area (TPSA) is 58.9 Å². The molecule has 4 nitrogen and oxygen atoms in total. The van der Waals surface area contributed by atoms with Crippen molar-refractivity contribution in [1.82, 2.24) is 0 Å². The Bertz CT molecular complexity index is 760. The van der Waals surface area contributed by atoms with Crippen LogP contribution in [0.25, 0.3) is 12.2 Å². The molecule has 0 aliphatic rings. The van der Waals surface area contributed by atoms with E-state index in [1.807, 2.05) is 31.2 Å². The van der Waals surface area contributed by atoms with Gasteiger partial charge in [0.1, 0.15) is 11.5 Å². The van der Waals surface area contributed by atoms with Gasteiger partial charge in [0.05, 0.1) is 14.2 Å². The molecule has 0 bridgehead atoms. The van der Waals surface area contributed by atoms with E-state index < -0.39 is 0 Å². The summed E-state index contributed by atoms with van der Waals surface area (Å²) in [6, 6.07) is 8.44. The van der Waals surface area contributed by atoms with Gasteiger partial charge in [-0.2, -0.15) is 0 Å². The fourth-order valence-corrected chi connectivity index (χ4v) is 2.42. The third-order valence-electron chi connectivity index (χ3n) is 3.66. The second-order valence-electron chi connectivity index (χ2n) is 5.25. The minimum absolute atomic E-state index is 0.0995. The first-order valence-corrected chi connectivity index (χ1v) is 7.65. The molecule has 0 aromatic heterocycles. The van der Waals surface area contributed by atoms with Gasteiger partial charge < -0.3 is 19.7 Å². The molecule has 2 aromatic rings. The third-order valence-corrected chi connectivity index (χ3v) is 3.66. The molecule has 0 saturated heterocycles. The highest BCUT2D eigenvalue weighted by molar-refractivity contribution is 5.74. The number of allylic oxidation sites excluding steroid dienone is 2. The number of phenolic OH excluding ortho intramolecular Hbond substituents is 2. The van der Waals surface area contributed by atoms with Crippen LogP contribution in [0, 0.1) is 0 Å². The first-order valence-electron chi connectivity index (χ1n) is 7.65. The maximum absolute atomic E-state index is 9.91. The molecule has 0 unspecified atom stereocenters. The van der Waals surface area contributed by atoms with Crippen LogP contribution < -0.4 is 9.47 Å². The molecule has 2 rings (SSSR count). The van der Waals surface area contributed by atoms with Crippen molar-refractivity contribution in [3.05, 3.63) is 59.2 Å². The van der Waals surface area contributed by atoms with E-state index in [0.29, 0.717) is 17.9 Å². The molecule has 0 fully saturated rings. The minimum Gasteiger partial charge on any atom is -0.508 e. The number of aromatic hydroxyl groups is 2. The lowest BCUT2D eigenvalue weighted by molar-refractivity contribution is 0.373. The first-order chi connectivity index (χ1) is 11.6. The Balaban J connectivity index is 2.42. The van der Waals surface area contributed by atoms with Gasteiger partial charge in [-0.15, -0.1) is 0 Å². The smallest absolute Gasteiger partial charge is 0.161 e. The van der Waals surface area contributed by atoms with E-state index in [4.69, 9.17) is 9.47 Å². The van der Waals surface area contributed by atoms with Crippen LogP contribution in [0.1, 0.15) is 23.6 Å². The van der Waals surface area contributed by atoms with E-state index in [9.17, 15) is 10.2 Å². The molecular formula is C20H22O4. The van der Waals surface area contributed by atoms with Crippen molar-refractivity contribution in [2.45, 2.75) is 13.3 Å². The second-order valence-corrected chi connectivity index (χ2v) is 5.25. The average molecular weight is 326 g/mol.